The van der Waals surface area contributed by atoms with Crippen LogP contribution in [0.15, 0.2) is 11.4 Å². The van der Waals surface area contributed by atoms with Crippen LogP contribution in [0.3, 0.4) is 0 Å². The molecule has 1 heterocycles. The lowest BCUT2D eigenvalue weighted by molar-refractivity contribution is -0.146. The lowest BCUT2D eigenvalue weighted by Crippen LogP contribution is -2.21. The highest BCUT2D eigenvalue weighted by atomic mass is 32.1. The van der Waals surface area contributed by atoms with Crippen LogP contribution in [0.25, 0.3) is 0 Å². The molecule has 15 heavy (non-hydrogen) atoms. The van der Waals surface area contributed by atoms with Crippen LogP contribution in [0.5, 0.6) is 0 Å². The molecule has 1 rings (SSSR count). The molecule has 2 N–H and O–H groups in total. The molecule has 84 valence electrons. The molecule has 1 aromatic rings. The molecule has 0 aliphatic heterocycles. The molecule has 0 amide bonds. The van der Waals surface area contributed by atoms with E-state index in [1.165, 1.54) is 5.38 Å². The largest absolute Gasteiger partial charge is 0.479 e. The van der Waals surface area contributed by atoms with Crippen molar-refractivity contribution in [3.63, 3.8) is 0 Å². The van der Waals surface area contributed by atoms with E-state index in [0.717, 1.165) is 6.07 Å². The Hall–Kier alpha value is -1.08. The molecular formula is C8H7F3O3S. The highest BCUT2D eigenvalue weighted by Crippen LogP contribution is 2.34. The van der Waals surface area contributed by atoms with Gasteiger partial charge >= 0.3 is 12.1 Å². The normalized spacial score (nSPS) is 13.9. The molecule has 0 aliphatic rings. The number of aliphatic hydroxyl groups excluding tert-OH is 1. The maximum Gasteiger partial charge on any atom is 0.425 e. The van der Waals surface area contributed by atoms with Crippen molar-refractivity contribution in [2.45, 2.75) is 18.7 Å². The highest BCUT2D eigenvalue weighted by molar-refractivity contribution is 7.10. The minimum Gasteiger partial charge on any atom is -0.479 e. The molecule has 7 heteroatoms. The van der Waals surface area contributed by atoms with Crippen molar-refractivity contribution >= 4 is 17.3 Å². The number of aliphatic hydroxyl groups is 1. The number of alkyl halides is 3. The number of carboxylic acid groups (broad SMARTS) is 1. The molecule has 0 aromatic carbocycles. The Morgan fingerprint density at radius 2 is 2.13 bits per heavy atom. The zero-order valence-corrected chi connectivity index (χ0v) is 8.10. The van der Waals surface area contributed by atoms with Gasteiger partial charge in [-0.15, -0.1) is 11.3 Å². The van der Waals surface area contributed by atoms with Gasteiger partial charge in [0.25, 0.3) is 0 Å². The van der Waals surface area contributed by atoms with Gasteiger partial charge in [0.05, 0.1) is 0 Å². The minimum atomic E-state index is -4.42. The van der Waals surface area contributed by atoms with Crippen molar-refractivity contribution < 1.29 is 28.2 Å². The average molecular weight is 240 g/mol. The summed E-state index contributed by atoms with van der Waals surface area (Å²) in [6.45, 7) is 0. The molecule has 0 fully saturated rings. The maximum absolute atomic E-state index is 12.1. The van der Waals surface area contributed by atoms with Crippen LogP contribution in [0.2, 0.25) is 0 Å². The molecule has 3 nitrogen and oxygen atoms in total. The number of rotatable bonds is 3. The Labute approximate surface area is 86.8 Å². The van der Waals surface area contributed by atoms with Crippen LogP contribution < -0.4 is 0 Å². The molecule has 0 saturated carbocycles. The predicted octanol–water partition coefficient (Wildman–Crippen LogP) is 1.75. The number of hydrogen-bond acceptors (Lipinski definition) is 3. The van der Waals surface area contributed by atoms with Gasteiger partial charge in [-0.2, -0.15) is 13.2 Å². The third-order valence-electron chi connectivity index (χ3n) is 1.65. The van der Waals surface area contributed by atoms with E-state index in [1.807, 2.05) is 0 Å². The van der Waals surface area contributed by atoms with Gasteiger partial charge in [-0.25, -0.2) is 4.79 Å². The first-order valence-electron chi connectivity index (χ1n) is 3.86. The van der Waals surface area contributed by atoms with Crippen LogP contribution in [-0.4, -0.2) is 22.3 Å². The van der Waals surface area contributed by atoms with Gasteiger partial charge in [-0.3, -0.25) is 0 Å². The van der Waals surface area contributed by atoms with Gasteiger partial charge in [-0.05, 0) is 17.0 Å². The molecule has 1 atom stereocenters. The van der Waals surface area contributed by atoms with Gasteiger partial charge in [-0.1, -0.05) is 0 Å². The third kappa shape index (κ3) is 3.21. The van der Waals surface area contributed by atoms with Crippen molar-refractivity contribution in [2.24, 2.45) is 0 Å². The summed E-state index contributed by atoms with van der Waals surface area (Å²) in [5.74, 6) is -1.45. The first kappa shape index (κ1) is 12.0. The first-order chi connectivity index (χ1) is 6.80. The van der Waals surface area contributed by atoms with Gasteiger partial charge in [0.15, 0.2) is 6.10 Å². The number of thiophene rings is 1. The molecule has 0 bridgehead atoms. The quantitative estimate of drug-likeness (QED) is 0.846. The topological polar surface area (TPSA) is 57.5 Å². The maximum atomic E-state index is 12.1. The summed E-state index contributed by atoms with van der Waals surface area (Å²) in [4.78, 5) is 9.44. The minimum absolute atomic E-state index is 0.169. The van der Waals surface area contributed by atoms with Crippen LogP contribution in [0.1, 0.15) is 10.4 Å². The van der Waals surface area contributed by atoms with E-state index in [-0.39, 0.29) is 12.0 Å². The fourth-order valence-corrected chi connectivity index (χ4v) is 1.74. The Morgan fingerprint density at radius 3 is 2.53 bits per heavy atom. The Balaban J connectivity index is 2.73. The van der Waals surface area contributed by atoms with Crippen molar-refractivity contribution in [1.82, 2.24) is 0 Å². The third-order valence-corrected chi connectivity index (χ3v) is 2.67. The van der Waals surface area contributed by atoms with E-state index in [1.54, 1.807) is 0 Å². The van der Waals surface area contributed by atoms with E-state index in [4.69, 9.17) is 10.2 Å². The van der Waals surface area contributed by atoms with E-state index < -0.39 is 23.1 Å². The molecule has 0 aliphatic carbocycles. The van der Waals surface area contributed by atoms with E-state index in [0.29, 0.717) is 11.3 Å². The van der Waals surface area contributed by atoms with Gasteiger partial charge in [0.2, 0.25) is 0 Å². The van der Waals surface area contributed by atoms with Crippen molar-refractivity contribution in [1.29, 1.82) is 0 Å². The lowest BCUT2D eigenvalue weighted by Gasteiger charge is -2.03. The van der Waals surface area contributed by atoms with Crippen LogP contribution in [0, 0.1) is 0 Å². The number of carbonyl (C=O) groups is 1. The van der Waals surface area contributed by atoms with Crippen molar-refractivity contribution in [2.75, 3.05) is 0 Å². The smallest absolute Gasteiger partial charge is 0.425 e. The van der Waals surface area contributed by atoms with Gasteiger partial charge < -0.3 is 10.2 Å². The van der Waals surface area contributed by atoms with Gasteiger partial charge in [0.1, 0.15) is 4.88 Å². The Bertz CT molecular complexity index is 358. The van der Waals surface area contributed by atoms with Crippen LogP contribution in [-0.2, 0) is 17.4 Å². The van der Waals surface area contributed by atoms with E-state index in [9.17, 15) is 18.0 Å². The zero-order valence-electron chi connectivity index (χ0n) is 7.28. The second kappa shape index (κ2) is 4.19. The monoisotopic (exact) mass is 240 g/mol. The summed E-state index contributed by atoms with van der Waals surface area (Å²) in [5, 5.41) is 18.4. The fourth-order valence-electron chi connectivity index (χ4n) is 0.942. The number of aliphatic carboxylic acids is 1. The summed E-state index contributed by atoms with van der Waals surface area (Å²) < 4.78 is 36.4. The molecule has 1 aromatic heterocycles. The number of hydrogen-bond donors (Lipinski definition) is 2. The zero-order chi connectivity index (χ0) is 11.6. The summed E-state index contributed by atoms with van der Waals surface area (Å²) >= 11 is 0.481. The summed E-state index contributed by atoms with van der Waals surface area (Å²) in [5.41, 5.74) is 0.169. The van der Waals surface area contributed by atoms with Crippen molar-refractivity contribution in [3.05, 3.63) is 21.9 Å². The Morgan fingerprint density at radius 1 is 1.53 bits per heavy atom. The summed E-state index contributed by atoms with van der Waals surface area (Å²) in [6, 6.07) is 0.844. The molecular weight excluding hydrogens is 233 g/mol. The molecule has 0 saturated heterocycles. The molecule has 1 unspecified atom stereocenters. The molecule has 0 spiro atoms. The Kier molecular flexibility index (Phi) is 3.35. The fraction of sp³-hybridized carbons (Fsp3) is 0.375. The van der Waals surface area contributed by atoms with E-state index in [2.05, 4.69) is 0 Å². The second-order valence-electron chi connectivity index (χ2n) is 2.88. The SMILES string of the molecule is O=C(O)C(O)Cc1csc(C(F)(F)F)c1. The lowest BCUT2D eigenvalue weighted by atomic mass is 10.1. The second-order valence-corrected chi connectivity index (χ2v) is 3.79. The van der Waals surface area contributed by atoms with E-state index >= 15 is 0 Å². The highest BCUT2D eigenvalue weighted by Gasteiger charge is 2.32. The standard InChI is InChI=1S/C8H7F3O3S/c9-8(10,11)6-2-4(3-15-6)1-5(12)7(13)14/h2-3,5,12H,1H2,(H,13,14). The number of halogens is 3. The average Bonchev–Trinajstić information content (AvgIpc) is 2.51. The predicted molar refractivity (Wildman–Crippen MR) is 46.7 cm³/mol. The molecule has 0 radical (unpaired) electrons. The first-order valence-corrected chi connectivity index (χ1v) is 4.74. The van der Waals surface area contributed by atoms with Crippen LogP contribution in [0.4, 0.5) is 13.2 Å². The van der Waals surface area contributed by atoms with Gasteiger partial charge in [0, 0.05) is 6.42 Å². The van der Waals surface area contributed by atoms with Crippen LogP contribution >= 0.6 is 11.3 Å². The summed E-state index contributed by atoms with van der Waals surface area (Å²) in [6.07, 6.45) is -6.40. The van der Waals surface area contributed by atoms with Crippen molar-refractivity contribution in [3.8, 4) is 0 Å². The summed E-state index contributed by atoms with van der Waals surface area (Å²) in [7, 11) is 0. The number of carboxylic acids is 1.